The number of carbonyl (C=O) groups is 5. The lowest BCUT2D eigenvalue weighted by molar-refractivity contribution is -0.143. The van der Waals surface area contributed by atoms with Crippen LogP contribution in [-0.4, -0.2) is 69.7 Å². The molecule has 1 rings (SSSR count). The lowest BCUT2D eigenvalue weighted by Gasteiger charge is -2.23. The Morgan fingerprint density at radius 2 is 1.58 bits per heavy atom. The summed E-state index contributed by atoms with van der Waals surface area (Å²) in [5.41, 5.74) is 6.17. The molecule has 3 atom stereocenters. The van der Waals surface area contributed by atoms with Crippen molar-refractivity contribution in [3.8, 4) is 5.75 Å². The monoisotopic (exact) mass is 466 g/mol. The molecule has 0 aliphatic carbocycles. The lowest BCUT2D eigenvalue weighted by Crippen LogP contribution is -2.55. The highest BCUT2D eigenvalue weighted by Gasteiger charge is 2.29. The van der Waals surface area contributed by atoms with Gasteiger partial charge >= 0.3 is 11.9 Å². The smallest absolute Gasteiger partial charge is 0.326 e. The number of benzene rings is 1. The van der Waals surface area contributed by atoms with Crippen molar-refractivity contribution < 1.29 is 39.3 Å². The number of rotatable bonds is 13. The summed E-state index contributed by atoms with van der Waals surface area (Å²) in [6.45, 7) is 2.72. The van der Waals surface area contributed by atoms with Crippen molar-refractivity contribution in [2.75, 3.05) is 6.54 Å². The molecule has 0 saturated carbocycles. The molecule has 33 heavy (non-hydrogen) atoms. The Kier molecular flexibility index (Phi) is 10.8. The van der Waals surface area contributed by atoms with Crippen LogP contribution in [0.25, 0.3) is 0 Å². The van der Waals surface area contributed by atoms with Gasteiger partial charge in [0, 0.05) is 12.8 Å². The van der Waals surface area contributed by atoms with Gasteiger partial charge < -0.3 is 37.0 Å². The summed E-state index contributed by atoms with van der Waals surface area (Å²) in [6, 6.07) is 2.43. The topological polar surface area (TPSA) is 208 Å². The van der Waals surface area contributed by atoms with E-state index in [2.05, 4.69) is 16.0 Å². The van der Waals surface area contributed by atoms with Crippen LogP contribution in [0.15, 0.2) is 24.3 Å². The number of aliphatic carboxylic acids is 2. The molecule has 3 unspecified atom stereocenters. The number of nitrogens with two attached hydrogens (primary N) is 1. The van der Waals surface area contributed by atoms with E-state index in [1.54, 1.807) is 26.0 Å². The van der Waals surface area contributed by atoms with E-state index >= 15 is 0 Å². The van der Waals surface area contributed by atoms with Crippen LogP contribution in [-0.2, 0) is 30.4 Å². The minimum absolute atomic E-state index is 0.00560. The van der Waals surface area contributed by atoms with Crippen LogP contribution < -0.4 is 21.7 Å². The number of carbonyl (C=O) groups excluding carboxylic acids is 3. The standard InChI is InChI=1S/C21H30N4O8/c1-11(2)18(21(32)33)25-20(31)15(9-12-3-5-13(26)6-4-12)24-16(27)10-23-19(30)14(22)7-8-17(28)29/h3-6,11,14-15,18,26H,7-10,22H2,1-2H3,(H,23,30)(H,24,27)(H,25,31)(H,28,29)(H,32,33). The quantitative estimate of drug-likeness (QED) is 0.189. The van der Waals surface area contributed by atoms with E-state index in [1.165, 1.54) is 12.1 Å². The molecule has 182 valence electrons. The van der Waals surface area contributed by atoms with E-state index in [9.17, 15) is 34.2 Å². The molecule has 8 N–H and O–H groups in total. The number of hydrogen-bond acceptors (Lipinski definition) is 7. The molecule has 0 fully saturated rings. The van der Waals surface area contributed by atoms with E-state index in [0.29, 0.717) is 5.56 Å². The number of carboxylic acid groups (broad SMARTS) is 2. The fourth-order valence-corrected chi connectivity index (χ4v) is 2.80. The second-order valence-electron chi connectivity index (χ2n) is 7.82. The van der Waals surface area contributed by atoms with Gasteiger partial charge in [0.15, 0.2) is 0 Å². The molecule has 12 nitrogen and oxygen atoms in total. The zero-order chi connectivity index (χ0) is 25.1. The summed E-state index contributed by atoms with van der Waals surface area (Å²) in [7, 11) is 0. The Hall–Kier alpha value is -3.67. The van der Waals surface area contributed by atoms with Crippen molar-refractivity contribution in [1.82, 2.24) is 16.0 Å². The average Bonchev–Trinajstić information content (AvgIpc) is 2.74. The fourth-order valence-electron chi connectivity index (χ4n) is 2.80. The Morgan fingerprint density at radius 3 is 2.09 bits per heavy atom. The first-order valence-electron chi connectivity index (χ1n) is 10.3. The van der Waals surface area contributed by atoms with Gasteiger partial charge in [-0.1, -0.05) is 26.0 Å². The summed E-state index contributed by atoms with van der Waals surface area (Å²) >= 11 is 0. The van der Waals surface area contributed by atoms with Crippen LogP contribution in [0.3, 0.4) is 0 Å². The third-order valence-electron chi connectivity index (χ3n) is 4.69. The zero-order valence-corrected chi connectivity index (χ0v) is 18.4. The molecule has 0 aliphatic rings. The first-order chi connectivity index (χ1) is 15.4. The number of hydrogen-bond donors (Lipinski definition) is 7. The van der Waals surface area contributed by atoms with Gasteiger partial charge in [0.2, 0.25) is 17.7 Å². The Bertz CT molecular complexity index is 856. The second-order valence-corrected chi connectivity index (χ2v) is 7.82. The Balaban J connectivity index is 2.83. The van der Waals surface area contributed by atoms with Gasteiger partial charge in [-0.25, -0.2) is 4.79 Å². The second kappa shape index (κ2) is 13.0. The van der Waals surface area contributed by atoms with Crippen molar-refractivity contribution in [1.29, 1.82) is 0 Å². The molecule has 0 radical (unpaired) electrons. The molecule has 0 spiro atoms. The predicted molar refractivity (Wildman–Crippen MR) is 116 cm³/mol. The Morgan fingerprint density at radius 1 is 0.970 bits per heavy atom. The van der Waals surface area contributed by atoms with Crippen LogP contribution in [0.5, 0.6) is 5.75 Å². The highest BCUT2D eigenvalue weighted by molar-refractivity contribution is 5.92. The summed E-state index contributed by atoms with van der Waals surface area (Å²) in [6.07, 6.45) is -0.426. The SMILES string of the molecule is CC(C)C(NC(=O)C(Cc1ccc(O)cc1)NC(=O)CNC(=O)C(N)CCC(=O)O)C(=O)O. The van der Waals surface area contributed by atoms with Gasteiger partial charge in [0.1, 0.15) is 17.8 Å². The third kappa shape index (κ3) is 9.99. The molecule has 0 aromatic heterocycles. The lowest BCUT2D eigenvalue weighted by atomic mass is 10.0. The maximum Gasteiger partial charge on any atom is 0.326 e. The summed E-state index contributed by atoms with van der Waals surface area (Å²) < 4.78 is 0. The number of phenols is 1. The normalized spacial score (nSPS) is 13.5. The van der Waals surface area contributed by atoms with E-state index in [4.69, 9.17) is 10.8 Å². The zero-order valence-electron chi connectivity index (χ0n) is 18.4. The maximum absolute atomic E-state index is 12.8. The van der Waals surface area contributed by atoms with Crippen LogP contribution in [0.1, 0.15) is 32.3 Å². The van der Waals surface area contributed by atoms with Crippen LogP contribution >= 0.6 is 0 Å². The molecule has 1 aromatic rings. The number of amides is 3. The van der Waals surface area contributed by atoms with Gasteiger partial charge in [-0.15, -0.1) is 0 Å². The van der Waals surface area contributed by atoms with Crippen molar-refractivity contribution in [2.24, 2.45) is 11.7 Å². The average molecular weight is 466 g/mol. The molecule has 0 heterocycles. The van der Waals surface area contributed by atoms with Gasteiger partial charge in [0.25, 0.3) is 0 Å². The van der Waals surface area contributed by atoms with Crippen molar-refractivity contribution in [2.45, 2.75) is 51.2 Å². The van der Waals surface area contributed by atoms with Gasteiger partial charge in [-0.05, 0) is 30.0 Å². The number of phenolic OH excluding ortho intramolecular Hbond substituents is 1. The summed E-state index contributed by atoms with van der Waals surface area (Å²) in [5, 5.41) is 34.5. The minimum atomic E-state index is -1.23. The maximum atomic E-state index is 12.8. The molecule has 0 bridgehead atoms. The van der Waals surface area contributed by atoms with Crippen molar-refractivity contribution in [3.05, 3.63) is 29.8 Å². The summed E-state index contributed by atoms with van der Waals surface area (Å²) in [4.78, 5) is 59.0. The third-order valence-corrected chi connectivity index (χ3v) is 4.69. The molecule has 0 aliphatic heterocycles. The Labute approximate surface area is 190 Å². The summed E-state index contributed by atoms with van der Waals surface area (Å²) in [5.74, 6) is -4.93. The van der Waals surface area contributed by atoms with E-state index in [1.807, 2.05) is 0 Å². The van der Waals surface area contributed by atoms with Gasteiger partial charge in [-0.3, -0.25) is 19.2 Å². The predicted octanol–water partition coefficient (Wildman–Crippen LogP) is -1.05. The molecule has 3 amide bonds. The highest BCUT2D eigenvalue weighted by atomic mass is 16.4. The molecular weight excluding hydrogens is 436 g/mol. The van der Waals surface area contributed by atoms with E-state index < -0.39 is 60.2 Å². The minimum Gasteiger partial charge on any atom is -0.508 e. The fraction of sp³-hybridized carbons (Fsp3) is 0.476. The van der Waals surface area contributed by atoms with Crippen molar-refractivity contribution in [3.63, 3.8) is 0 Å². The number of carboxylic acids is 2. The molecular formula is C21H30N4O8. The number of nitrogens with one attached hydrogen (secondary N) is 3. The molecule has 0 saturated heterocycles. The number of aromatic hydroxyl groups is 1. The van der Waals surface area contributed by atoms with Gasteiger partial charge in [-0.2, -0.15) is 0 Å². The highest BCUT2D eigenvalue weighted by Crippen LogP contribution is 2.12. The molecule has 1 aromatic carbocycles. The van der Waals surface area contributed by atoms with E-state index in [-0.39, 0.29) is 25.0 Å². The van der Waals surface area contributed by atoms with Crippen LogP contribution in [0, 0.1) is 5.92 Å². The first-order valence-corrected chi connectivity index (χ1v) is 10.3. The van der Waals surface area contributed by atoms with Gasteiger partial charge in [0.05, 0.1) is 12.6 Å². The van der Waals surface area contributed by atoms with E-state index in [0.717, 1.165) is 0 Å². The van der Waals surface area contributed by atoms with Crippen molar-refractivity contribution >= 4 is 29.7 Å². The largest absolute Gasteiger partial charge is 0.508 e. The first kappa shape index (κ1) is 27.4. The molecule has 12 heteroatoms. The van der Waals surface area contributed by atoms with Crippen LogP contribution in [0.4, 0.5) is 0 Å². The van der Waals surface area contributed by atoms with Crippen LogP contribution in [0.2, 0.25) is 0 Å².